The van der Waals surface area contributed by atoms with E-state index < -0.39 is 155 Å². The van der Waals surface area contributed by atoms with Gasteiger partial charge in [0.2, 0.25) is 41.2 Å². The number of phenols is 6. The predicted octanol–water partition coefficient (Wildman–Crippen LogP) is 6.55. The zero-order chi connectivity index (χ0) is 68.3. The highest BCUT2D eigenvalue weighted by atomic mass is 35.5. The highest BCUT2D eigenvalue weighted by Gasteiger charge is 2.41. The summed E-state index contributed by atoms with van der Waals surface area (Å²) in [7, 11) is 0. The SMILES string of the molecule is CC(C)(C)OC(=O)N[C@H]1C(=O)N[C@@H]2Cc3ccc(c(Cl)c3)Oc3cc4cc(c3O)Oc3ccc(cc3Cl)[C@@H](O)[C@@H](C(=O)N[C@H](C(=O)OCC#N)c3cc(O)cc(O)c3)NC(=O)[C@@H](c3ccc(O)cc3)NC(=O)[C@@H]4NC(=O)[C@@H](NC2=O)c2cc(O)cc(c2)Oc2cc1ccc2O. The number of nitriles is 1. The Kier molecular flexibility index (Phi) is 19.0. The van der Waals surface area contributed by atoms with E-state index in [1.54, 1.807) is 26.8 Å². The van der Waals surface area contributed by atoms with Crippen LogP contribution in [0.25, 0.3) is 0 Å². The van der Waals surface area contributed by atoms with Crippen molar-refractivity contribution in [3.8, 4) is 75.1 Å². The minimum Gasteiger partial charge on any atom is -0.508 e. The Hall–Kier alpha value is -11.7. The van der Waals surface area contributed by atoms with E-state index >= 15 is 19.2 Å². The van der Waals surface area contributed by atoms with E-state index in [9.17, 15) is 60.2 Å². The lowest BCUT2D eigenvalue weighted by Crippen LogP contribution is -2.55. The fourth-order valence-electron chi connectivity index (χ4n) is 10.3. The van der Waals surface area contributed by atoms with Gasteiger partial charge in [-0.15, -0.1) is 0 Å². The Labute approximate surface area is 547 Å². The second kappa shape index (κ2) is 27.3. The van der Waals surface area contributed by atoms with Crippen LogP contribution in [0, 0.1) is 11.3 Å². The zero-order valence-electron chi connectivity index (χ0n) is 49.8. The predicted molar refractivity (Wildman–Crippen MR) is 330 cm³/mol. The van der Waals surface area contributed by atoms with Gasteiger partial charge in [0, 0.05) is 18.6 Å². The molecular weight excluding hydrogens is 1280 g/mol. The molecule has 7 aromatic carbocycles. The third-order valence-electron chi connectivity index (χ3n) is 14.7. The van der Waals surface area contributed by atoms with Crippen LogP contribution in [-0.2, 0) is 49.5 Å². The second-order valence-corrected chi connectivity index (χ2v) is 23.6. The first-order valence-electron chi connectivity index (χ1n) is 28.6. The molecule has 490 valence electrons. The molecule has 7 amide bonds. The molecule has 13 bridgehead atoms. The van der Waals surface area contributed by atoms with Crippen molar-refractivity contribution in [1.29, 1.82) is 5.26 Å². The summed E-state index contributed by atoms with van der Waals surface area (Å²) in [6.07, 6.45) is -3.69. The number of ether oxygens (including phenoxy) is 5. The third-order valence-corrected chi connectivity index (χ3v) is 15.3. The molecule has 0 spiro atoms. The first-order chi connectivity index (χ1) is 45.1. The topological polar surface area (TPSA) is 432 Å². The van der Waals surface area contributed by atoms with Crippen LogP contribution in [0.15, 0.2) is 127 Å². The summed E-state index contributed by atoms with van der Waals surface area (Å²) in [5.74, 6) is -14.4. The maximum Gasteiger partial charge on any atom is 0.408 e. The average molecular weight is 1340 g/mol. The number of carbonyl (C=O) groups excluding carboxylic acids is 8. The van der Waals surface area contributed by atoms with Crippen molar-refractivity contribution in [2.24, 2.45) is 0 Å². The molecule has 7 aromatic rings. The molecule has 28 nitrogen and oxygen atoms in total. The Bertz CT molecular complexity index is 4290. The molecule has 5 aliphatic heterocycles. The number of carbonyl (C=O) groups is 8. The number of alkyl carbamates (subject to hydrolysis) is 1. The lowest BCUT2D eigenvalue weighted by atomic mass is 9.97. The largest absolute Gasteiger partial charge is 0.508 e. The number of rotatable bonds is 7. The van der Waals surface area contributed by atoms with Crippen molar-refractivity contribution in [3.63, 3.8) is 0 Å². The summed E-state index contributed by atoms with van der Waals surface area (Å²) < 4.78 is 29.0. The number of amides is 7. The van der Waals surface area contributed by atoms with Gasteiger partial charge in [-0.2, -0.15) is 5.26 Å². The van der Waals surface area contributed by atoms with Crippen molar-refractivity contribution in [3.05, 3.63) is 176 Å². The second-order valence-electron chi connectivity index (χ2n) is 22.8. The summed E-state index contributed by atoms with van der Waals surface area (Å²) in [6, 6.07) is 11.7. The number of fused-ring (bicyclic) bond motifs is 15. The number of phenolic OH excluding ortho intramolecular Hbond substituents is 6. The van der Waals surface area contributed by atoms with E-state index in [0.29, 0.717) is 0 Å². The van der Waals surface area contributed by atoms with Gasteiger partial charge in [-0.25, -0.2) is 9.59 Å². The van der Waals surface area contributed by atoms with E-state index in [-0.39, 0.29) is 77.7 Å². The van der Waals surface area contributed by atoms with E-state index in [0.717, 1.165) is 66.7 Å². The van der Waals surface area contributed by atoms with E-state index in [2.05, 4.69) is 37.2 Å². The van der Waals surface area contributed by atoms with Crippen LogP contribution >= 0.6 is 23.2 Å². The Balaban J connectivity index is 1.14. The number of aliphatic hydroxyl groups excluding tert-OH is 1. The monoisotopic (exact) mass is 1340 g/mol. The fraction of sp³-hybridized carbons (Fsp3) is 0.215. The van der Waals surface area contributed by atoms with Gasteiger partial charge >= 0.3 is 12.1 Å². The molecule has 8 atom stereocenters. The molecule has 12 rings (SSSR count). The maximum atomic E-state index is 15.7. The van der Waals surface area contributed by atoms with Gasteiger partial charge in [-0.05, 0) is 145 Å². The number of aliphatic hydroxyl groups is 1. The van der Waals surface area contributed by atoms with Gasteiger partial charge in [0.15, 0.2) is 35.6 Å². The summed E-state index contributed by atoms with van der Waals surface area (Å²) in [5.41, 5.74) is -2.15. The first-order valence-corrected chi connectivity index (χ1v) is 29.3. The molecule has 0 unspecified atom stereocenters. The Morgan fingerprint density at radius 1 is 0.589 bits per heavy atom. The zero-order valence-corrected chi connectivity index (χ0v) is 51.3. The smallest absolute Gasteiger partial charge is 0.408 e. The molecule has 14 N–H and O–H groups in total. The molecule has 95 heavy (non-hydrogen) atoms. The van der Waals surface area contributed by atoms with Crippen LogP contribution in [0.5, 0.6) is 69.0 Å². The average Bonchev–Trinajstić information content (AvgIpc) is 0.795. The normalized spacial score (nSPS) is 19.8. The van der Waals surface area contributed by atoms with Crippen molar-refractivity contribution in [2.75, 3.05) is 6.61 Å². The highest BCUT2D eigenvalue weighted by Crippen LogP contribution is 2.47. The van der Waals surface area contributed by atoms with Crippen molar-refractivity contribution < 1.29 is 97.8 Å². The van der Waals surface area contributed by atoms with Gasteiger partial charge in [0.1, 0.15) is 94.3 Å². The molecule has 0 fully saturated rings. The van der Waals surface area contributed by atoms with E-state index in [4.69, 9.17) is 46.9 Å². The Morgan fingerprint density at radius 3 is 1.77 bits per heavy atom. The van der Waals surface area contributed by atoms with Gasteiger partial charge in [0.25, 0.3) is 0 Å². The van der Waals surface area contributed by atoms with E-state index in [1.807, 2.05) is 0 Å². The standard InChI is InChI=1S/C65H56Cl2N8O20/c1-65(2,3)95-64(90)75-50-30-7-11-43(80)46(23-30)92-39-21-33(20-38(79)27-39)51-60(86)72-52-34-24-47(93-44-12-4-28(16-40(44)66)17-42(57(83)70-51)69-58(50)84)56(82)48(25-34)94-45-13-8-31(22-41(45)67)55(81)54(74-59(85)49(71-61(52)87)29-5-9-35(76)10-6-29)62(88)73-53(63(89)91-15-14-68)32-18-36(77)26-37(78)19-32/h4-13,16,18-27,42,49-55,76-82H,15,17H2,1-3H3,(H,69,84)(H,70,83)(H,71,87)(H,72,86)(H,73,88)(H,74,85)(H,75,90)/t42-,49-,50-,51+,52-,53+,54+,55-/m1/s1. The molecule has 0 saturated heterocycles. The summed E-state index contributed by atoms with van der Waals surface area (Å²) in [4.78, 5) is 118. The number of hydrogen-bond donors (Lipinski definition) is 14. The van der Waals surface area contributed by atoms with Crippen LogP contribution in [0.1, 0.15) is 96.0 Å². The van der Waals surface area contributed by atoms with Gasteiger partial charge in [-0.1, -0.05) is 53.5 Å². The highest BCUT2D eigenvalue weighted by molar-refractivity contribution is 6.32. The minimum absolute atomic E-state index is 0.00898. The van der Waals surface area contributed by atoms with E-state index in [1.165, 1.54) is 60.7 Å². The number of nitrogens with one attached hydrogen (secondary N) is 7. The molecule has 0 aliphatic carbocycles. The van der Waals surface area contributed by atoms with Crippen molar-refractivity contribution in [1.82, 2.24) is 37.2 Å². The van der Waals surface area contributed by atoms with Crippen LogP contribution in [-0.4, -0.2) is 108 Å². The van der Waals surface area contributed by atoms with Crippen LogP contribution in [0.3, 0.4) is 0 Å². The van der Waals surface area contributed by atoms with Gasteiger partial charge in [-0.3, -0.25) is 28.8 Å². The molecule has 0 saturated carbocycles. The number of nitrogens with zero attached hydrogens (tertiary/aromatic N) is 1. The molecule has 30 heteroatoms. The van der Waals surface area contributed by atoms with Gasteiger partial charge in [0.05, 0.1) is 10.0 Å². The lowest BCUT2D eigenvalue weighted by Gasteiger charge is -2.30. The number of aromatic hydroxyl groups is 6. The molecule has 0 aromatic heterocycles. The molecular formula is C65H56Cl2N8O20. The quantitative estimate of drug-likeness (QED) is 0.0752. The van der Waals surface area contributed by atoms with Gasteiger partial charge < -0.3 is 96.6 Å². The van der Waals surface area contributed by atoms with Crippen molar-refractivity contribution in [2.45, 2.75) is 81.2 Å². The summed E-state index contributed by atoms with van der Waals surface area (Å²) in [5, 5.41) is 104. The van der Waals surface area contributed by atoms with Crippen LogP contribution in [0.2, 0.25) is 10.0 Å². The minimum atomic E-state index is -2.24. The molecule has 0 radical (unpaired) electrons. The van der Waals surface area contributed by atoms with Crippen LogP contribution < -0.4 is 51.4 Å². The summed E-state index contributed by atoms with van der Waals surface area (Å²) >= 11 is 13.8. The number of hydrogen-bond acceptors (Lipinski definition) is 21. The third kappa shape index (κ3) is 15.3. The lowest BCUT2D eigenvalue weighted by molar-refractivity contribution is -0.147. The van der Waals surface area contributed by atoms with Crippen LogP contribution in [0.4, 0.5) is 4.79 Å². The number of benzene rings is 7. The fourth-order valence-corrected chi connectivity index (χ4v) is 10.8. The maximum absolute atomic E-state index is 15.7. The molecule has 5 aliphatic rings. The number of halogens is 2. The van der Waals surface area contributed by atoms with Crippen molar-refractivity contribution >= 4 is 70.7 Å². The Morgan fingerprint density at radius 2 is 1.15 bits per heavy atom. The summed E-state index contributed by atoms with van der Waals surface area (Å²) in [6.45, 7) is 3.87. The first kappa shape index (κ1) is 66.3. The number of esters is 1. The molecule has 5 heterocycles.